The first-order valence-corrected chi connectivity index (χ1v) is 7.77. The largest absolute Gasteiger partial charge is 0.351 e. The molecule has 1 aliphatic heterocycles. The van der Waals surface area contributed by atoms with E-state index in [0.29, 0.717) is 19.4 Å². The molecule has 1 heterocycles. The van der Waals surface area contributed by atoms with Crippen molar-refractivity contribution < 1.29 is 9.59 Å². The van der Waals surface area contributed by atoms with E-state index in [4.69, 9.17) is 0 Å². The van der Waals surface area contributed by atoms with Crippen LogP contribution in [0.1, 0.15) is 33.6 Å². The third-order valence-corrected chi connectivity index (χ3v) is 3.39. The lowest BCUT2D eigenvalue weighted by atomic mass is 9.96. The smallest absolute Gasteiger partial charge is 0.224 e. The second kappa shape index (κ2) is 6.45. The van der Waals surface area contributed by atoms with Crippen LogP contribution < -0.4 is 5.32 Å². The first-order chi connectivity index (χ1) is 8.31. The van der Waals surface area contributed by atoms with Crippen LogP contribution in [0, 0.1) is 5.41 Å². The number of hydrogen-bond donors (Lipinski definition) is 1. The summed E-state index contributed by atoms with van der Waals surface area (Å²) in [7, 11) is 0. The number of nitrogens with zero attached hydrogens (tertiary/aromatic N) is 1. The normalized spacial score (nSPS) is 20.3. The molecule has 0 radical (unpaired) electrons. The predicted molar refractivity (Wildman–Crippen MR) is 75.6 cm³/mol. The number of likely N-dealkylation sites (tertiary alicyclic amines) is 1. The molecule has 0 saturated carbocycles. The molecule has 4 nitrogen and oxygen atoms in total. The second-order valence-corrected chi connectivity index (χ2v) is 7.03. The van der Waals surface area contributed by atoms with Gasteiger partial charge in [-0.05, 0) is 11.7 Å². The number of rotatable bonds is 5. The molecule has 0 aromatic carbocycles. The van der Waals surface area contributed by atoms with Crippen LogP contribution >= 0.6 is 11.8 Å². The summed E-state index contributed by atoms with van der Waals surface area (Å²) in [6, 6.07) is -0.00536. The molecule has 5 heteroatoms. The van der Waals surface area contributed by atoms with E-state index in [9.17, 15) is 9.59 Å². The maximum Gasteiger partial charge on any atom is 0.224 e. The van der Waals surface area contributed by atoms with Crippen LogP contribution in [0.3, 0.4) is 0 Å². The van der Waals surface area contributed by atoms with Gasteiger partial charge >= 0.3 is 0 Å². The SMILES string of the molecule is CSCCC(=O)N[C@H]1CC(=O)N(CC(C)(C)C)C1. The van der Waals surface area contributed by atoms with Gasteiger partial charge in [0.05, 0.1) is 6.04 Å². The van der Waals surface area contributed by atoms with Crippen molar-refractivity contribution in [2.75, 3.05) is 25.1 Å². The average Bonchev–Trinajstić information content (AvgIpc) is 2.53. The molecule has 1 aliphatic rings. The van der Waals surface area contributed by atoms with E-state index in [1.807, 2.05) is 11.2 Å². The van der Waals surface area contributed by atoms with Crippen LogP contribution in [0.25, 0.3) is 0 Å². The topological polar surface area (TPSA) is 49.4 Å². The number of thioether (sulfide) groups is 1. The zero-order valence-electron chi connectivity index (χ0n) is 11.8. The fourth-order valence-corrected chi connectivity index (χ4v) is 2.48. The van der Waals surface area contributed by atoms with E-state index in [1.54, 1.807) is 11.8 Å². The Kier molecular flexibility index (Phi) is 5.50. The minimum Gasteiger partial charge on any atom is -0.351 e. The van der Waals surface area contributed by atoms with Gasteiger partial charge in [0.25, 0.3) is 0 Å². The standard InChI is InChI=1S/C13H24N2O2S/c1-13(2,3)9-15-8-10(7-12(15)17)14-11(16)5-6-18-4/h10H,5-9H2,1-4H3,(H,14,16)/t10-/m0/s1. The summed E-state index contributed by atoms with van der Waals surface area (Å²) in [4.78, 5) is 25.3. The summed E-state index contributed by atoms with van der Waals surface area (Å²) in [6.07, 6.45) is 2.96. The fourth-order valence-electron chi connectivity index (χ4n) is 2.09. The van der Waals surface area contributed by atoms with Gasteiger partial charge in [0.2, 0.25) is 11.8 Å². The van der Waals surface area contributed by atoms with Gasteiger partial charge in [-0.2, -0.15) is 11.8 Å². The molecule has 1 atom stereocenters. The van der Waals surface area contributed by atoms with Crippen molar-refractivity contribution >= 4 is 23.6 Å². The summed E-state index contributed by atoms with van der Waals surface area (Å²) >= 11 is 1.66. The zero-order valence-corrected chi connectivity index (χ0v) is 12.6. The molecule has 1 saturated heterocycles. The van der Waals surface area contributed by atoms with Gasteiger partial charge < -0.3 is 10.2 Å². The third-order valence-electron chi connectivity index (χ3n) is 2.78. The lowest BCUT2D eigenvalue weighted by Crippen LogP contribution is -2.39. The highest BCUT2D eigenvalue weighted by Gasteiger charge is 2.32. The highest BCUT2D eigenvalue weighted by atomic mass is 32.2. The van der Waals surface area contributed by atoms with Gasteiger partial charge in [-0.25, -0.2) is 0 Å². The second-order valence-electron chi connectivity index (χ2n) is 6.05. The number of amides is 2. The van der Waals surface area contributed by atoms with Crippen molar-refractivity contribution in [2.45, 2.75) is 39.7 Å². The first-order valence-electron chi connectivity index (χ1n) is 6.38. The molecule has 1 N–H and O–H groups in total. The molecular weight excluding hydrogens is 248 g/mol. The summed E-state index contributed by atoms with van der Waals surface area (Å²) in [5.74, 6) is 1.04. The van der Waals surface area contributed by atoms with Crippen molar-refractivity contribution in [1.29, 1.82) is 0 Å². The van der Waals surface area contributed by atoms with Crippen LogP contribution in [-0.4, -0.2) is 47.9 Å². The molecule has 0 aromatic rings. The van der Waals surface area contributed by atoms with Gasteiger partial charge in [-0.1, -0.05) is 20.8 Å². The molecule has 2 amide bonds. The van der Waals surface area contributed by atoms with E-state index in [2.05, 4.69) is 26.1 Å². The van der Waals surface area contributed by atoms with Crippen LogP contribution in [0.15, 0.2) is 0 Å². The van der Waals surface area contributed by atoms with E-state index < -0.39 is 0 Å². The van der Waals surface area contributed by atoms with Crippen molar-refractivity contribution in [3.63, 3.8) is 0 Å². The van der Waals surface area contributed by atoms with Gasteiger partial charge in [0.15, 0.2) is 0 Å². The van der Waals surface area contributed by atoms with Crippen molar-refractivity contribution in [1.82, 2.24) is 10.2 Å². The average molecular weight is 272 g/mol. The van der Waals surface area contributed by atoms with Crippen LogP contribution in [0.5, 0.6) is 0 Å². The monoisotopic (exact) mass is 272 g/mol. The van der Waals surface area contributed by atoms with E-state index in [0.717, 1.165) is 12.3 Å². The van der Waals surface area contributed by atoms with Crippen molar-refractivity contribution in [2.24, 2.45) is 5.41 Å². The Morgan fingerprint density at radius 1 is 1.50 bits per heavy atom. The van der Waals surface area contributed by atoms with Crippen LogP contribution in [-0.2, 0) is 9.59 Å². The fraction of sp³-hybridized carbons (Fsp3) is 0.846. The van der Waals surface area contributed by atoms with Gasteiger partial charge in [0.1, 0.15) is 0 Å². The van der Waals surface area contributed by atoms with Crippen molar-refractivity contribution in [3.8, 4) is 0 Å². The number of hydrogen-bond acceptors (Lipinski definition) is 3. The Bertz CT molecular complexity index is 313. The maximum atomic E-state index is 11.8. The molecular formula is C13H24N2O2S. The Labute approximate surface area is 114 Å². The minimum atomic E-state index is -0.00536. The summed E-state index contributed by atoms with van der Waals surface area (Å²) in [5, 5.41) is 2.95. The number of carbonyl (C=O) groups excluding carboxylic acids is 2. The highest BCUT2D eigenvalue weighted by molar-refractivity contribution is 7.98. The molecule has 0 bridgehead atoms. The first kappa shape index (κ1) is 15.3. The molecule has 1 fully saturated rings. The zero-order chi connectivity index (χ0) is 13.8. The highest BCUT2D eigenvalue weighted by Crippen LogP contribution is 2.20. The Balaban J connectivity index is 2.39. The Morgan fingerprint density at radius 3 is 2.72 bits per heavy atom. The Morgan fingerprint density at radius 2 is 2.17 bits per heavy atom. The molecule has 0 aromatic heterocycles. The minimum absolute atomic E-state index is 0.00536. The summed E-state index contributed by atoms with van der Waals surface area (Å²) in [5.41, 5.74) is 0.105. The number of carbonyl (C=O) groups is 2. The third kappa shape index (κ3) is 5.29. The van der Waals surface area contributed by atoms with Gasteiger partial charge in [-0.15, -0.1) is 0 Å². The van der Waals surface area contributed by atoms with Gasteiger partial charge in [-0.3, -0.25) is 9.59 Å². The maximum absolute atomic E-state index is 11.8. The van der Waals surface area contributed by atoms with E-state index in [1.165, 1.54) is 0 Å². The lowest BCUT2D eigenvalue weighted by Gasteiger charge is -2.26. The Hall–Kier alpha value is -0.710. The predicted octanol–water partition coefficient (Wildman–Crippen LogP) is 1.50. The molecule has 0 unspecified atom stereocenters. The molecule has 0 spiro atoms. The molecule has 0 aliphatic carbocycles. The molecule has 18 heavy (non-hydrogen) atoms. The molecule has 104 valence electrons. The van der Waals surface area contributed by atoms with Crippen molar-refractivity contribution in [3.05, 3.63) is 0 Å². The van der Waals surface area contributed by atoms with Crippen LogP contribution in [0.4, 0.5) is 0 Å². The number of nitrogens with one attached hydrogen (secondary N) is 1. The molecule has 1 rings (SSSR count). The summed E-state index contributed by atoms with van der Waals surface area (Å²) < 4.78 is 0. The van der Waals surface area contributed by atoms with Gasteiger partial charge in [0, 0.05) is 31.7 Å². The quantitative estimate of drug-likeness (QED) is 0.825. The van der Waals surface area contributed by atoms with E-state index >= 15 is 0 Å². The van der Waals surface area contributed by atoms with E-state index in [-0.39, 0.29) is 23.3 Å². The van der Waals surface area contributed by atoms with Crippen LogP contribution in [0.2, 0.25) is 0 Å². The summed E-state index contributed by atoms with van der Waals surface area (Å²) in [6.45, 7) is 7.75. The lowest BCUT2D eigenvalue weighted by molar-refractivity contribution is -0.128.